The van der Waals surface area contributed by atoms with E-state index in [2.05, 4.69) is 15.0 Å². The van der Waals surface area contributed by atoms with Gasteiger partial charge < -0.3 is 15.2 Å². The summed E-state index contributed by atoms with van der Waals surface area (Å²) in [4.78, 5) is 14.3. The maximum atomic E-state index is 5.97. The number of imidazole rings is 1. The first kappa shape index (κ1) is 12.6. The predicted octanol–water partition coefficient (Wildman–Crippen LogP) is 1.39. The standard InChI is InChI=1S/C11H15ClN6/c1-7-9(13)10(16-11(12)15-7)18(3)6-8-14-4-5-17(8)2/h4-5H,6,13H2,1-3H3. The van der Waals surface area contributed by atoms with Crippen molar-refractivity contribution in [2.24, 2.45) is 7.05 Å². The molecule has 0 fully saturated rings. The fourth-order valence-electron chi connectivity index (χ4n) is 1.66. The maximum Gasteiger partial charge on any atom is 0.224 e. The number of rotatable bonds is 3. The lowest BCUT2D eigenvalue weighted by atomic mass is 10.3. The molecule has 0 aromatic carbocycles. The van der Waals surface area contributed by atoms with Gasteiger partial charge in [0.15, 0.2) is 5.82 Å². The summed E-state index contributed by atoms with van der Waals surface area (Å²) in [6.45, 7) is 2.40. The van der Waals surface area contributed by atoms with Gasteiger partial charge in [0.1, 0.15) is 5.82 Å². The van der Waals surface area contributed by atoms with E-state index in [0.29, 0.717) is 23.7 Å². The molecule has 0 radical (unpaired) electrons. The fraction of sp³-hybridized carbons (Fsp3) is 0.364. The quantitative estimate of drug-likeness (QED) is 0.850. The maximum absolute atomic E-state index is 5.97. The summed E-state index contributed by atoms with van der Waals surface area (Å²) >= 11 is 5.85. The Bertz CT molecular complexity index is 565. The average molecular weight is 267 g/mol. The van der Waals surface area contributed by atoms with Crippen LogP contribution in [0.1, 0.15) is 11.5 Å². The van der Waals surface area contributed by atoms with Gasteiger partial charge in [-0.3, -0.25) is 0 Å². The Labute approximate surface area is 110 Å². The van der Waals surface area contributed by atoms with E-state index in [4.69, 9.17) is 17.3 Å². The smallest absolute Gasteiger partial charge is 0.224 e. The molecule has 0 aliphatic rings. The van der Waals surface area contributed by atoms with Gasteiger partial charge >= 0.3 is 0 Å². The third-order valence-corrected chi connectivity index (χ3v) is 2.92. The number of halogens is 1. The van der Waals surface area contributed by atoms with Crippen LogP contribution in [0.2, 0.25) is 5.28 Å². The third kappa shape index (κ3) is 2.38. The molecule has 2 rings (SSSR count). The van der Waals surface area contributed by atoms with Crippen LogP contribution in [-0.2, 0) is 13.6 Å². The van der Waals surface area contributed by atoms with Crippen molar-refractivity contribution in [3.05, 3.63) is 29.2 Å². The molecule has 2 aromatic rings. The van der Waals surface area contributed by atoms with Crippen molar-refractivity contribution in [2.75, 3.05) is 17.7 Å². The van der Waals surface area contributed by atoms with Crippen molar-refractivity contribution in [1.29, 1.82) is 0 Å². The van der Waals surface area contributed by atoms with Crippen molar-refractivity contribution in [2.45, 2.75) is 13.5 Å². The lowest BCUT2D eigenvalue weighted by Crippen LogP contribution is -2.22. The molecule has 7 heteroatoms. The van der Waals surface area contributed by atoms with Gasteiger partial charge in [-0.2, -0.15) is 4.98 Å². The molecule has 0 saturated carbocycles. The lowest BCUT2D eigenvalue weighted by Gasteiger charge is -2.20. The number of anilines is 2. The first-order chi connectivity index (χ1) is 8.49. The van der Waals surface area contributed by atoms with Crippen molar-refractivity contribution in [1.82, 2.24) is 19.5 Å². The first-order valence-corrected chi connectivity index (χ1v) is 5.83. The molecule has 18 heavy (non-hydrogen) atoms. The normalized spacial score (nSPS) is 10.7. The molecule has 0 saturated heterocycles. The van der Waals surface area contributed by atoms with E-state index < -0.39 is 0 Å². The summed E-state index contributed by atoms with van der Waals surface area (Å²) in [5.74, 6) is 1.54. The Morgan fingerprint density at radius 1 is 1.44 bits per heavy atom. The number of hydrogen-bond acceptors (Lipinski definition) is 5. The summed E-state index contributed by atoms with van der Waals surface area (Å²) in [6, 6.07) is 0. The van der Waals surface area contributed by atoms with Crippen LogP contribution in [0, 0.1) is 6.92 Å². The van der Waals surface area contributed by atoms with Crippen molar-refractivity contribution >= 4 is 23.1 Å². The van der Waals surface area contributed by atoms with E-state index in [-0.39, 0.29) is 5.28 Å². The highest BCUT2D eigenvalue weighted by molar-refractivity contribution is 6.28. The van der Waals surface area contributed by atoms with E-state index in [1.807, 2.05) is 29.8 Å². The van der Waals surface area contributed by atoms with E-state index in [1.54, 1.807) is 13.1 Å². The van der Waals surface area contributed by atoms with Crippen LogP contribution in [0.3, 0.4) is 0 Å². The molecule has 0 amide bonds. The first-order valence-electron chi connectivity index (χ1n) is 5.46. The number of nitrogens with two attached hydrogens (primary N) is 1. The predicted molar refractivity (Wildman–Crippen MR) is 71.5 cm³/mol. The Hall–Kier alpha value is -1.82. The Kier molecular flexibility index (Phi) is 3.38. The number of aromatic nitrogens is 4. The molecule has 0 unspecified atom stereocenters. The second-order valence-corrected chi connectivity index (χ2v) is 4.46. The molecule has 0 spiro atoms. The molecule has 0 aliphatic heterocycles. The van der Waals surface area contributed by atoms with Crippen LogP contribution in [0.15, 0.2) is 12.4 Å². The SMILES string of the molecule is Cc1nc(Cl)nc(N(C)Cc2nccn2C)c1N. The molecule has 2 aromatic heterocycles. The molecular weight excluding hydrogens is 252 g/mol. The topological polar surface area (TPSA) is 72.9 Å². The van der Waals surface area contributed by atoms with Crippen molar-refractivity contribution in [3.8, 4) is 0 Å². The van der Waals surface area contributed by atoms with Gasteiger partial charge in [-0.25, -0.2) is 9.97 Å². The Morgan fingerprint density at radius 3 is 2.78 bits per heavy atom. The van der Waals surface area contributed by atoms with E-state index in [9.17, 15) is 0 Å². The minimum Gasteiger partial charge on any atom is -0.394 e. The van der Waals surface area contributed by atoms with Crippen LogP contribution in [0.4, 0.5) is 11.5 Å². The zero-order valence-corrected chi connectivity index (χ0v) is 11.3. The molecule has 0 atom stereocenters. The second kappa shape index (κ2) is 4.81. The zero-order valence-electron chi connectivity index (χ0n) is 10.6. The number of aryl methyl sites for hydroxylation is 2. The zero-order chi connectivity index (χ0) is 13.3. The third-order valence-electron chi connectivity index (χ3n) is 2.75. The Morgan fingerprint density at radius 2 is 2.17 bits per heavy atom. The van der Waals surface area contributed by atoms with Crippen LogP contribution in [0.5, 0.6) is 0 Å². The average Bonchev–Trinajstić information content (AvgIpc) is 2.69. The number of hydrogen-bond donors (Lipinski definition) is 1. The van der Waals surface area contributed by atoms with Gasteiger partial charge in [0, 0.05) is 26.5 Å². The molecule has 0 bridgehead atoms. The largest absolute Gasteiger partial charge is 0.394 e. The van der Waals surface area contributed by atoms with Gasteiger partial charge in [0.2, 0.25) is 5.28 Å². The molecule has 96 valence electrons. The molecule has 2 heterocycles. The van der Waals surface area contributed by atoms with Gasteiger partial charge in [0.05, 0.1) is 17.9 Å². The summed E-state index contributed by atoms with van der Waals surface area (Å²) in [6.07, 6.45) is 3.65. The number of nitrogen functional groups attached to an aromatic ring is 1. The number of nitrogens with zero attached hydrogens (tertiary/aromatic N) is 5. The fourth-order valence-corrected chi connectivity index (χ4v) is 1.87. The van der Waals surface area contributed by atoms with Crippen LogP contribution < -0.4 is 10.6 Å². The summed E-state index contributed by atoms with van der Waals surface area (Å²) in [7, 11) is 3.83. The van der Waals surface area contributed by atoms with Crippen LogP contribution in [-0.4, -0.2) is 26.6 Å². The molecule has 0 aliphatic carbocycles. The van der Waals surface area contributed by atoms with Crippen molar-refractivity contribution < 1.29 is 0 Å². The molecule has 6 nitrogen and oxygen atoms in total. The molecular formula is C11H15ClN6. The van der Waals surface area contributed by atoms with E-state index in [0.717, 1.165) is 5.82 Å². The lowest BCUT2D eigenvalue weighted by molar-refractivity contribution is 0.754. The van der Waals surface area contributed by atoms with Gasteiger partial charge in [-0.15, -0.1) is 0 Å². The summed E-state index contributed by atoms with van der Waals surface area (Å²) in [5.41, 5.74) is 7.18. The van der Waals surface area contributed by atoms with E-state index >= 15 is 0 Å². The van der Waals surface area contributed by atoms with Gasteiger partial charge in [-0.1, -0.05) is 0 Å². The highest BCUT2D eigenvalue weighted by Crippen LogP contribution is 2.24. The van der Waals surface area contributed by atoms with Gasteiger partial charge in [-0.05, 0) is 18.5 Å². The minimum atomic E-state index is 0.198. The van der Waals surface area contributed by atoms with Crippen LogP contribution in [0.25, 0.3) is 0 Å². The highest BCUT2D eigenvalue weighted by Gasteiger charge is 2.13. The van der Waals surface area contributed by atoms with Crippen molar-refractivity contribution in [3.63, 3.8) is 0 Å². The van der Waals surface area contributed by atoms with E-state index in [1.165, 1.54) is 0 Å². The minimum absolute atomic E-state index is 0.198. The Balaban J connectivity index is 2.29. The second-order valence-electron chi connectivity index (χ2n) is 4.13. The van der Waals surface area contributed by atoms with Crippen LogP contribution >= 0.6 is 11.6 Å². The summed E-state index contributed by atoms with van der Waals surface area (Å²) in [5, 5.41) is 0.198. The monoisotopic (exact) mass is 266 g/mol. The summed E-state index contributed by atoms with van der Waals surface area (Å²) < 4.78 is 1.95. The molecule has 2 N–H and O–H groups in total. The van der Waals surface area contributed by atoms with Gasteiger partial charge in [0.25, 0.3) is 0 Å². The highest BCUT2D eigenvalue weighted by atomic mass is 35.5.